The summed E-state index contributed by atoms with van der Waals surface area (Å²) < 4.78 is 30.7. The lowest BCUT2D eigenvalue weighted by Crippen LogP contribution is -2.04. The Kier molecular flexibility index (Phi) is 5.26. The molecule has 0 bridgehead atoms. The van der Waals surface area contributed by atoms with Crippen LogP contribution in [0.3, 0.4) is 0 Å². The molecule has 4 aromatic rings. The van der Waals surface area contributed by atoms with Crippen molar-refractivity contribution >= 4 is 28.8 Å². The second-order valence-corrected chi connectivity index (χ2v) is 7.87. The Labute approximate surface area is 183 Å². The maximum Gasteiger partial charge on any atom is 0.335 e. The fourth-order valence-electron chi connectivity index (χ4n) is 4.06. The van der Waals surface area contributed by atoms with E-state index in [0.717, 1.165) is 18.0 Å². The van der Waals surface area contributed by atoms with Gasteiger partial charge in [0, 0.05) is 45.4 Å². The molecule has 0 unspecified atom stereocenters. The number of benzene rings is 3. The highest BCUT2D eigenvalue weighted by Gasteiger charge is 2.25. The van der Waals surface area contributed by atoms with Gasteiger partial charge in [-0.15, -0.1) is 0 Å². The van der Waals surface area contributed by atoms with Crippen LogP contribution in [-0.2, 0) is 0 Å². The number of carboxylic acids is 1. The molecule has 0 spiro atoms. The first kappa shape index (κ1) is 21.2. The number of halogens is 2. The number of rotatable bonds is 5. The van der Waals surface area contributed by atoms with E-state index in [0.29, 0.717) is 33.4 Å². The predicted molar refractivity (Wildman–Crippen MR) is 122 cm³/mol. The predicted octanol–water partition coefficient (Wildman–Crippen LogP) is 5.98. The molecular weight excluding hydrogens is 412 g/mol. The van der Waals surface area contributed by atoms with Gasteiger partial charge in [-0.3, -0.25) is 0 Å². The largest absolute Gasteiger partial charge is 0.478 e. The van der Waals surface area contributed by atoms with E-state index in [1.807, 2.05) is 18.4 Å². The first-order chi connectivity index (χ1) is 15.2. The second kappa shape index (κ2) is 7.92. The smallest absolute Gasteiger partial charge is 0.335 e. The summed E-state index contributed by atoms with van der Waals surface area (Å²) in [5.41, 5.74) is 9.82. The SMILES string of the molecule is CC(C)c1c(-c2ccc(C(=O)O)cc2F)c2cc(N)c(C=N)cc2n1-c1ccc(F)cc1. The van der Waals surface area contributed by atoms with Crippen molar-refractivity contribution in [2.24, 2.45) is 0 Å². The normalized spacial score (nSPS) is 11.3. The third-order valence-electron chi connectivity index (χ3n) is 5.48. The number of aromatic nitrogens is 1. The van der Waals surface area contributed by atoms with Gasteiger partial charge in [0.15, 0.2) is 0 Å². The van der Waals surface area contributed by atoms with E-state index in [-0.39, 0.29) is 22.9 Å². The summed E-state index contributed by atoms with van der Waals surface area (Å²) in [6.07, 6.45) is 1.15. The van der Waals surface area contributed by atoms with Gasteiger partial charge in [0.1, 0.15) is 11.6 Å². The fraction of sp³-hybridized carbons (Fsp3) is 0.120. The number of nitrogen functional groups attached to an aromatic ring is 1. The van der Waals surface area contributed by atoms with Gasteiger partial charge in [-0.25, -0.2) is 13.6 Å². The van der Waals surface area contributed by atoms with E-state index < -0.39 is 11.8 Å². The third-order valence-corrected chi connectivity index (χ3v) is 5.48. The second-order valence-electron chi connectivity index (χ2n) is 7.87. The van der Waals surface area contributed by atoms with Gasteiger partial charge in [-0.05, 0) is 54.4 Å². The zero-order chi connectivity index (χ0) is 23.2. The number of aromatic carboxylic acids is 1. The first-order valence-electron chi connectivity index (χ1n) is 10.0. The standard InChI is InChI=1S/C25H21F2N3O2/c1-13(2)24-23(18-8-3-14(25(31)32)9-20(18)27)19-11-21(29)15(12-28)10-22(19)30(24)17-6-4-16(26)5-7-17/h3-13,28H,29H2,1-2H3,(H,31,32). The molecule has 0 aliphatic rings. The molecule has 7 heteroatoms. The Hall–Kier alpha value is -4.00. The molecule has 0 saturated heterocycles. The highest BCUT2D eigenvalue weighted by Crippen LogP contribution is 2.42. The number of fused-ring (bicyclic) bond motifs is 1. The molecule has 0 amide bonds. The summed E-state index contributed by atoms with van der Waals surface area (Å²) in [5.74, 6) is -2.34. The topological polar surface area (TPSA) is 92.1 Å². The number of nitrogens with one attached hydrogen (secondary N) is 1. The van der Waals surface area contributed by atoms with Gasteiger partial charge in [0.2, 0.25) is 0 Å². The Bertz CT molecular complexity index is 1370. The number of nitrogens with two attached hydrogens (primary N) is 1. The molecule has 0 radical (unpaired) electrons. The van der Waals surface area contributed by atoms with Crippen molar-refractivity contribution in [2.75, 3.05) is 5.73 Å². The maximum absolute atomic E-state index is 15.2. The summed E-state index contributed by atoms with van der Waals surface area (Å²) >= 11 is 0. The molecule has 5 nitrogen and oxygen atoms in total. The molecule has 1 aromatic heterocycles. The first-order valence-corrected chi connectivity index (χ1v) is 10.0. The zero-order valence-corrected chi connectivity index (χ0v) is 17.5. The molecule has 0 atom stereocenters. The average molecular weight is 433 g/mol. The molecule has 0 aliphatic heterocycles. The van der Waals surface area contributed by atoms with Crippen LogP contribution in [0.25, 0.3) is 27.7 Å². The van der Waals surface area contributed by atoms with Crippen molar-refractivity contribution in [1.82, 2.24) is 4.57 Å². The summed E-state index contributed by atoms with van der Waals surface area (Å²) in [5, 5.41) is 17.6. The molecule has 1 heterocycles. The molecule has 32 heavy (non-hydrogen) atoms. The number of hydrogen-bond donors (Lipinski definition) is 3. The van der Waals surface area contributed by atoms with E-state index in [1.54, 1.807) is 24.3 Å². The minimum Gasteiger partial charge on any atom is -0.478 e. The molecular formula is C25H21F2N3O2. The summed E-state index contributed by atoms with van der Waals surface area (Å²) in [6, 6.07) is 13.2. The van der Waals surface area contributed by atoms with E-state index in [4.69, 9.17) is 11.1 Å². The average Bonchev–Trinajstić information content (AvgIpc) is 3.07. The van der Waals surface area contributed by atoms with Gasteiger partial charge < -0.3 is 20.8 Å². The lowest BCUT2D eigenvalue weighted by atomic mass is 9.95. The van der Waals surface area contributed by atoms with E-state index in [2.05, 4.69) is 0 Å². The molecule has 3 aromatic carbocycles. The Morgan fingerprint density at radius 3 is 2.34 bits per heavy atom. The molecule has 0 saturated carbocycles. The fourth-order valence-corrected chi connectivity index (χ4v) is 4.06. The Morgan fingerprint density at radius 2 is 1.78 bits per heavy atom. The van der Waals surface area contributed by atoms with Crippen LogP contribution < -0.4 is 5.73 Å². The van der Waals surface area contributed by atoms with Crippen molar-refractivity contribution < 1.29 is 18.7 Å². The van der Waals surface area contributed by atoms with Gasteiger partial charge in [0.05, 0.1) is 11.1 Å². The summed E-state index contributed by atoms with van der Waals surface area (Å²) in [6.45, 7) is 3.92. The summed E-state index contributed by atoms with van der Waals surface area (Å²) in [7, 11) is 0. The van der Waals surface area contributed by atoms with Crippen LogP contribution in [-0.4, -0.2) is 21.9 Å². The molecule has 162 valence electrons. The lowest BCUT2D eigenvalue weighted by molar-refractivity contribution is 0.0696. The van der Waals surface area contributed by atoms with Gasteiger partial charge in [0.25, 0.3) is 0 Å². The van der Waals surface area contributed by atoms with Crippen LogP contribution in [0.5, 0.6) is 0 Å². The number of carbonyl (C=O) groups is 1. The summed E-state index contributed by atoms with van der Waals surface area (Å²) in [4.78, 5) is 11.3. The highest BCUT2D eigenvalue weighted by molar-refractivity contribution is 6.05. The van der Waals surface area contributed by atoms with Gasteiger partial charge in [-0.1, -0.05) is 19.9 Å². The van der Waals surface area contributed by atoms with Crippen molar-refractivity contribution in [1.29, 1.82) is 5.41 Å². The van der Waals surface area contributed by atoms with Gasteiger partial charge in [-0.2, -0.15) is 0 Å². The van der Waals surface area contributed by atoms with Crippen LogP contribution >= 0.6 is 0 Å². The van der Waals surface area contributed by atoms with Crippen LogP contribution in [0.2, 0.25) is 0 Å². The van der Waals surface area contributed by atoms with E-state index in [9.17, 15) is 14.3 Å². The molecule has 0 aliphatic carbocycles. The lowest BCUT2D eigenvalue weighted by Gasteiger charge is -2.16. The molecule has 4 N–H and O–H groups in total. The van der Waals surface area contributed by atoms with Crippen molar-refractivity contribution in [3.05, 3.63) is 83.1 Å². The van der Waals surface area contributed by atoms with Crippen molar-refractivity contribution in [3.8, 4) is 16.8 Å². The van der Waals surface area contributed by atoms with Crippen molar-refractivity contribution in [2.45, 2.75) is 19.8 Å². The highest BCUT2D eigenvalue weighted by atomic mass is 19.1. The number of anilines is 1. The monoisotopic (exact) mass is 433 g/mol. The minimum absolute atomic E-state index is 0.0781. The van der Waals surface area contributed by atoms with Crippen LogP contribution in [0.4, 0.5) is 14.5 Å². The molecule has 4 rings (SSSR count). The van der Waals surface area contributed by atoms with E-state index in [1.165, 1.54) is 24.3 Å². The van der Waals surface area contributed by atoms with Gasteiger partial charge >= 0.3 is 5.97 Å². The quantitative estimate of drug-likeness (QED) is 0.267. The Morgan fingerprint density at radius 1 is 1.09 bits per heavy atom. The van der Waals surface area contributed by atoms with E-state index >= 15 is 4.39 Å². The maximum atomic E-state index is 15.2. The van der Waals surface area contributed by atoms with Crippen LogP contribution in [0.1, 0.15) is 41.4 Å². The molecule has 0 fully saturated rings. The Balaban J connectivity index is 2.17. The number of nitrogens with zero attached hydrogens (tertiary/aromatic N) is 1. The zero-order valence-electron chi connectivity index (χ0n) is 17.5. The number of hydrogen-bond acceptors (Lipinski definition) is 3. The number of carboxylic acid groups (broad SMARTS) is 1. The minimum atomic E-state index is -1.21. The van der Waals surface area contributed by atoms with Crippen LogP contribution in [0.15, 0.2) is 54.6 Å². The third kappa shape index (κ3) is 3.41. The van der Waals surface area contributed by atoms with Crippen molar-refractivity contribution in [3.63, 3.8) is 0 Å². The van der Waals surface area contributed by atoms with Crippen LogP contribution in [0, 0.1) is 17.0 Å².